The van der Waals surface area contributed by atoms with Crippen LogP contribution in [-0.4, -0.2) is 21.8 Å². The molecule has 0 atom stereocenters. The Morgan fingerprint density at radius 2 is 1.71 bits per heavy atom. The van der Waals surface area contributed by atoms with E-state index in [0.717, 1.165) is 5.56 Å². The number of nitrogens with one attached hydrogen (secondary N) is 1. The highest BCUT2D eigenvalue weighted by atomic mass is 16.5. The van der Waals surface area contributed by atoms with Crippen LogP contribution in [0.4, 0.5) is 5.69 Å². The lowest BCUT2D eigenvalue weighted by Crippen LogP contribution is -2.18. The number of aryl methyl sites for hydroxylation is 1. The Hall–Kier alpha value is -3.28. The molecule has 0 saturated heterocycles. The highest BCUT2D eigenvalue weighted by Gasteiger charge is 2.18. The molecule has 0 radical (unpaired) electrons. The van der Waals surface area contributed by atoms with Crippen LogP contribution < -0.4 is 5.32 Å². The second-order valence-electron chi connectivity index (χ2n) is 7.66. The SMILES string of the molecule is Cc1nc(CC(=O)Nc2ccccc2C(=O)c2ccc(C(C)(C)C)cc2)no1. The van der Waals surface area contributed by atoms with Crippen molar-refractivity contribution >= 4 is 17.4 Å². The molecule has 0 aliphatic heterocycles. The van der Waals surface area contributed by atoms with Crippen LogP contribution in [0.1, 0.15) is 54.0 Å². The molecule has 1 heterocycles. The third-order valence-corrected chi connectivity index (χ3v) is 4.35. The Kier molecular flexibility index (Phi) is 5.40. The van der Waals surface area contributed by atoms with Crippen molar-refractivity contribution in [3.8, 4) is 0 Å². The first-order valence-corrected chi connectivity index (χ1v) is 9.07. The first-order valence-electron chi connectivity index (χ1n) is 9.07. The van der Waals surface area contributed by atoms with E-state index >= 15 is 0 Å². The van der Waals surface area contributed by atoms with Crippen LogP contribution in [-0.2, 0) is 16.6 Å². The van der Waals surface area contributed by atoms with Crippen molar-refractivity contribution in [2.75, 3.05) is 5.32 Å². The van der Waals surface area contributed by atoms with Crippen molar-refractivity contribution in [2.24, 2.45) is 0 Å². The molecule has 1 aromatic heterocycles. The summed E-state index contributed by atoms with van der Waals surface area (Å²) in [5, 5.41) is 6.49. The molecule has 0 saturated carbocycles. The summed E-state index contributed by atoms with van der Waals surface area (Å²) in [6.45, 7) is 8.03. The zero-order valence-electron chi connectivity index (χ0n) is 16.4. The number of hydrogen-bond donors (Lipinski definition) is 1. The predicted octanol–water partition coefficient (Wildman–Crippen LogP) is 4.09. The fourth-order valence-corrected chi connectivity index (χ4v) is 2.82. The van der Waals surface area contributed by atoms with Gasteiger partial charge in [-0.2, -0.15) is 4.98 Å². The molecule has 1 amide bonds. The van der Waals surface area contributed by atoms with Gasteiger partial charge in [-0.15, -0.1) is 0 Å². The van der Waals surface area contributed by atoms with E-state index in [2.05, 4.69) is 36.2 Å². The fourth-order valence-electron chi connectivity index (χ4n) is 2.82. The summed E-state index contributed by atoms with van der Waals surface area (Å²) in [5.74, 6) is 0.240. The van der Waals surface area contributed by atoms with Crippen LogP contribution in [0.2, 0.25) is 0 Å². The van der Waals surface area contributed by atoms with Crippen LogP contribution >= 0.6 is 0 Å². The first kappa shape index (κ1) is 19.5. The molecular weight excluding hydrogens is 354 g/mol. The zero-order chi connectivity index (χ0) is 20.3. The Bertz CT molecular complexity index is 998. The van der Waals surface area contributed by atoms with Gasteiger partial charge in [0.05, 0.1) is 12.1 Å². The summed E-state index contributed by atoms with van der Waals surface area (Å²) >= 11 is 0. The minimum atomic E-state index is -0.316. The summed E-state index contributed by atoms with van der Waals surface area (Å²) in [4.78, 5) is 29.3. The molecular formula is C22H23N3O3. The van der Waals surface area contributed by atoms with Crippen molar-refractivity contribution in [1.29, 1.82) is 0 Å². The monoisotopic (exact) mass is 377 g/mol. The smallest absolute Gasteiger partial charge is 0.232 e. The minimum absolute atomic E-state index is 0.0149. The minimum Gasteiger partial charge on any atom is -0.340 e. The van der Waals surface area contributed by atoms with Gasteiger partial charge in [0, 0.05) is 18.1 Å². The number of hydrogen-bond acceptors (Lipinski definition) is 5. The molecule has 1 N–H and O–H groups in total. The van der Waals surface area contributed by atoms with Crippen LogP contribution in [0.25, 0.3) is 0 Å². The van der Waals surface area contributed by atoms with Crippen molar-refractivity contribution in [3.05, 3.63) is 76.9 Å². The number of rotatable bonds is 5. The molecule has 0 spiro atoms. The Balaban J connectivity index is 1.79. The maximum absolute atomic E-state index is 13.0. The molecule has 0 unspecified atom stereocenters. The molecule has 0 aliphatic rings. The fraction of sp³-hybridized carbons (Fsp3) is 0.273. The topological polar surface area (TPSA) is 85.1 Å². The summed E-state index contributed by atoms with van der Waals surface area (Å²) in [6, 6.07) is 14.5. The van der Waals surface area contributed by atoms with Gasteiger partial charge in [-0.3, -0.25) is 9.59 Å². The highest BCUT2D eigenvalue weighted by Crippen LogP contribution is 2.24. The molecule has 6 heteroatoms. The Labute approximate surface area is 164 Å². The van der Waals surface area contributed by atoms with E-state index in [-0.39, 0.29) is 23.5 Å². The molecule has 3 rings (SSSR count). The van der Waals surface area contributed by atoms with Crippen molar-refractivity contribution in [2.45, 2.75) is 39.5 Å². The third kappa shape index (κ3) is 4.52. The standard InChI is InChI=1S/C22H23N3O3/c1-14-23-19(25-28-14)13-20(26)24-18-8-6-5-7-17(18)21(27)15-9-11-16(12-10-15)22(2,3)4/h5-12H,13H2,1-4H3,(H,24,26). The normalized spacial score (nSPS) is 11.3. The number of amides is 1. The maximum Gasteiger partial charge on any atom is 0.232 e. The van der Waals surface area contributed by atoms with Crippen molar-refractivity contribution in [3.63, 3.8) is 0 Å². The number of para-hydroxylation sites is 1. The number of benzene rings is 2. The van der Waals surface area contributed by atoms with Crippen LogP contribution in [0.15, 0.2) is 53.1 Å². The third-order valence-electron chi connectivity index (χ3n) is 4.35. The van der Waals surface area contributed by atoms with E-state index < -0.39 is 0 Å². The van der Waals surface area contributed by atoms with E-state index in [1.807, 2.05) is 24.3 Å². The number of carbonyl (C=O) groups excluding carboxylic acids is 2. The lowest BCUT2D eigenvalue weighted by atomic mass is 9.86. The van der Waals surface area contributed by atoms with E-state index in [0.29, 0.717) is 28.5 Å². The lowest BCUT2D eigenvalue weighted by Gasteiger charge is -2.19. The van der Waals surface area contributed by atoms with Gasteiger partial charge in [0.25, 0.3) is 0 Å². The average Bonchev–Trinajstić information content (AvgIpc) is 3.05. The second kappa shape index (κ2) is 7.76. The summed E-state index contributed by atoms with van der Waals surface area (Å²) in [5.41, 5.74) is 2.63. The van der Waals surface area contributed by atoms with Gasteiger partial charge < -0.3 is 9.84 Å². The maximum atomic E-state index is 13.0. The van der Waals surface area contributed by atoms with E-state index in [4.69, 9.17) is 4.52 Å². The van der Waals surface area contributed by atoms with Gasteiger partial charge in [0.2, 0.25) is 11.8 Å². The quantitative estimate of drug-likeness (QED) is 0.677. The molecule has 6 nitrogen and oxygen atoms in total. The second-order valence-corrected chi connectivity index (χ2v) is 7.66. The molecule has 0 aliphatic carbocycles. The van der Waals surface area contributed by atoms with Gasteiger partial charge in [0.15, 0.2) is 11.6 Å². The van der Waals surface area contributed by atoms with Gasteiger partial charge in [-0.05, 0) is 23.1 Å². The predicted molar refractivity (Wildman–Crippen MR) is 106 cm³/mol. The number of nitrogens with zero attached hydrogens (tertiary/aromatic N) is 2. The number of aromatic nitrogens is 2. The first-order chi connectivity index (χ1) is 13.2. The van der Waals surface area contributed by atoms with E-state index in [1.54, 1.807) is 31.2 Å². The van der Waals surface area contributed by atoms with Crippen LogP contribution in [0.3, 0.4) is 0 Å². The van der Waals surface area contributed by atoms with Crippen molar-refractivity contribution in [1.82, 2.24) is 10.1 Å². The molecule has 28 heavy (non-hydrogen) atoms. The number of ketones is 1. The molecule has 2 aromatic carbocycles. The molecule has 3 aromatic rings. The summed E-state index contributed by atoms with van der Waals surface area (Å²) in [7, 11) is 0. The van der Waals surface area contributed by atoms with Gasteiger partial charge in [0.1, 0.15) is 0 Å². The lowest BCUT2D eigenvalue weighted by molar-refractivity contribution is -0.115. The summed E-state index contributed by atoms with van der Waals surface area (Å²) in [6.07, 6.45) is -0.0276. The molecule has 144 valence electrons. The van der Waals surface area contributed by atoms with Gasteiger partial charge in [-0.25, -0.2) is 0 Å². The van der Waals surface area contributed by atoms with Crippen LogP contribution in [0, 0.1) is 6.92 Å². The van der Waals surface area contributed by atoms with Gasteiger partial charge in [-0.1, -0.05) is 62.3 Å². The van der Waals surface area contributed by atoms with Crippen molar-refractivity contribution < 1.29 is 14.1 Å². The van der Waals surface area contributed by atoms with E-state index in [9.17, 15) is 9.59 Å². The Morgan fingerprint density at radius 1 is 1.04 bits per heavy atom. The Morgan fingerprint density at radius 3 is 2.32 bits per heavy atom. The van der Waals surface area contributed by atoms with Crippen LogP contribution in [0.5, 0.6) is 0 Å². The molecule has 0 fully saturated rings. The van der Waals surface area contributed by atoms with E-state index in [1.165, 1.54) is 0 Å². The number of anilines is 1. The zero-order valence-corrected chi connectivity index (χ0v) is 16.4. The van der Waals surface area contributed by atoms with Gasteiger partial charge >= 0.3 is 0 Å². The average molecular weight is 377 g/mol. The summed E-state index contributed by atoms with van der Waals surface area (Å²) < 4.78 is 4.87. The highest BCUT2D eigenvalue weighted by molar-refractivity contribution is 6.13. The molecule has 0 bridgehead atoms. The largest absolute Gasteiger partial charge is 0.340 e. The number of carbonyl (C=O) groups is 2.